The molecule has 0 spiro atoms. The average molecular weight is 353 g/mol. The van der Waals surface area contributed by atoms with Crippen molar-refractivity contribution in [1.29, 1.82) is 0 Å². The molecule has 1 atom stereocenters. The number of allylic oxidation sites excluding steroid dienone is 2. The molecule has 3 aromatic carbocycles. The zero-order chi connectivity index (χ0) is 19.1. The van der Waals surface area contributed by atoms with Crippen LogP contribution in [0.5, 0.6) is 0 Å². The summed E-state index contributed by atoms with van der Waals surface area (Å²) in [5.41, 5.74) is 6.32. The molecule has 0 saturated heterocycles. The van der Waals surface area contributed by atoms with E-state index < -0.39 is 0 Å². The maximum absolute atomic E-state index is 4.00. The second kappa shape index (κ2) is 9.19. The van der Waals surface area contributed by atoms with Crippen LogP contribution in [0.15, 0.2) is 97.6 Å². The third-order valence-corrected chi connectivity index (χ3v) is 5.11. The molecule has 0 amide bonds. The molecule has 1 unspecified atom stereocenters. The lowest BCUT2D eigenvalue weighted by Crippen LogP contribution is -2.11. The highest BCUT2D eigenvalue weighted by Crippen LogP contribution is 2.34. The minimum atomic E-state index is 0.405. The normalized spacial score (nSPS) is 12.4. The summed E-state index contributed by atoms with van der Waals surface area (Å²) < 4.78 is 0. The van der Waals surface area contributed by atoms with Crippen LogP contribution < -0.4 is 0 Å². The zero-order valence-corrected chi connectivity index (χ0v) is 16.3. The SMILES string of the molecule is C=C(C)c1ccc(C=CCC(C)C(c2ccccc2)c2ccccc2)cc1. The minimum Gasteiger partial charge on any atom is -0.0955 e. The third-order valence-electron chi connectivity index (χ3n) is 5.11. The molecule has 27 heavy (non-hydrogen) atoms. The molecule has 0 N–H and O–H groups in total. The Morgan fingerprint density at radius 1 is 0.815 bits per heavy atom. The molecule has 0 saturated carbocycles. The van der Waals surface area contributed by atoms with Crippen LogP contribution in [0, 0.1) is 5.92 Å². The Kier molecular flexibility index (Phi) is 6.44. The van der Waals surface area contributed by atoms with Gasteiger partial charge in [0.15, 0.2) is 0 Å². The Morgan fingerprint density at radius 2 is 1.33 bits per heavy atom. The summed E-state index contributed by atoms with van der Waals surface area (Å²) in [5, 5.41) is 0. The first-order valence-electron chi connectivity index (χ1n) is 9.67. The summed E-state index contributed by atoms with van der Waals surface area (Å²) >= 11 is 0. The van der Waals surface area contributed by atoms with Gasteiger partial charge in [0.05, 0.1) is 0 Å². The molecule has 0 aliphatic rings. The van der Waals surface area contributed by atoms with Crippen LogP contribution in [0.2, 0.25) is 0 Å². The van der Waals surface area contributed by atoms with E-state index in [0.717, 1.165) is 12.0 Å². The Morgan fingerprint density at radius 3 is 1.81 bits per heavy atom. The average Bonchev–Trinajstić information content (AvgIpc) is 2.70. The van der Waals surface area contributed by atoms with E-state index >= 15 is 0 Å². The molecule has 0 aliphatic heterocycles. The van der Waals surface area contributed by atoms with Crippen molar-refractivity contribution in [3.63, 3.8) is 0 Å². The predicted molar refractivity (Wildman–Crippen MR) is 119 cm³/mol. The van der Waals surface area contributed by atoms with E-state index in [-0.39, 0.29) is 0 Å². The van der Waals surface area contributed by atoms with E-state index in [9.17, 15) is 0 Å². The molecule has 0 aliphatic carbocycles. The first-order valence-corrected chi connectivity index (χ1v) is 9.67. The molecule has 3 aromatic rings. The van der Waals surface area contributed by atoms with Crippen LogP contribution in [-0.2, 0) is 0 Å². The fraction of sp³-hybridized carbons (Fsp3) is 0.185. The van der Waals surface area contributed by atoms with Crippen molar-refractivity contribution in [1.82, 2.24) is 0 Å². The zero-order valence-electron chi connectivity index (χ0n) is 16.3. The minimum absolute atomic E-state index is 0.405. The van der Waals surface area contributed by atoms with Crippen LogP contribution in [0.3, 0.4) is 0 Å². The van der Waals surface area contributed by atoms with E-state index in [1.165, 1.54) is 22.3 Å². The van der Waals surface area contributed by atoms with Crippen LogP contribution in [-0.4, -0.2) is 0 Å². The number of hydrogen-bond donors (Lipinski definition) is 0. The van der Waals surface area contributed by atoms with Gasteiger partial charge in [-0.3, -0.25) is 0 Å². The van der Waals surface area contributed by atoms with Gasteiger partial charge in [-0.15, -0.1) is 0 Å². The summed E-state index contributed by atoms with van der Waals surface area (Å²) in [7, 11) is 0. The second-order valence-corrected chi connectivity index (χ2v) is 7.32. The molecular weight excluding hydrogens is 324 g/mol. The number of hydrogen-bond acceptors (Lipinski definition) is 0. The van der Waals surface area contributed by atoms with Crippen molar-refractivity contribution < 1.29 is 0 Å². The summed E-state index contributed by atoms with van der Waals surface area (Å²) in [5.74, 6) is 0.920. The molecule has 0 nitrogen and oxygen atoms in total. The quantitative estimate of drug-likeness (QED) is 0.411. The van der Waals surface area contributed by atoms with Crippen molar-refractivity contribution in [3.8, 4) is 0 Å². The first-order chi connectivity index (χ1) is 13.1. The molecule has 3 rings (SSSR count). The van der Waals surface area contributed by atoms with Crippen LogP contribution in [0.4, 0.5) is 0 Å². The van der Waals surface area contributed by atoms with Gasteiger partial charge in [-0.1, -0.05) is 116 Å². The fourth-order valence-corrected chi connectivity index (χ4v) is 3.60. The van der Waals surface area contributed by atoms with E-state index in [1.54, 1.807) is 0 Å². The van der Waals surface area contributed by atoms with Crippen molar-refractivity contribution >= 4 is 11.6 Å². The van der Waals surface area contributed by atoms with Gasteiger partial charge in [0, 0.05) is 5.92 Å². The predicted octanol–water partition coefficient (Wildman–Crippen LogP) is 7.59. The van der Waals surface area contributed by atoms with Gasteiger partial charge >= 0.3 is 0 Å². The van der Waals surface area contributed by atoms with Crippen LogP contribution in [0.1, 0.15) is 48.4 Å². The number of rotatable bonds is 7. The molecule has 0 aromatic heterocycles. The Labute approximate surface area is 163 Å². The fourth-order valence-electron chi connectivity index (χ4n) is 3.60. The Balaban J connectivity index is 1.75. The van der Waals surface area contributed by atoms with Gasteiger partial charge in [0.25, 0.3) is 0 Å². The molecule has 0 radical (unpaired) electrons. The monoisotopic (exact) mass is 352 g/mol. The van der Waals surface area contributed by atoms with E-state index in [1.807, 2.05) is 6.92 Å². The van der Waals surface area contributed by atoms with Gasteiger partial charge < -0.3 is 0 Å². The van der Waals surface area contributed by atoms with Crippen molar-refractivity contribution in [2.75, 3.05) is 0 Å². The summed E-state index contributed by atoms with van der Waals surface area (Å²) in [4.78, 5) is 0. The third kappa shape index (κ3) is 5.08. The number of benzene rings is 3. The molecule has 0 heteroatoms. The van der Waals surface area contributed by atoms with Gasteiger partial charge in [0.2, 0.25) is 0 Å². The van der Waals surface area contributed by atoms with E-state index in [0.29, 0.717) is 11.8 Å². The standard InChI is InChI=1S/C27H28/c1-21(2)24-19-17-23(18-20-24)12-10-11-22(3)27(25-13-6-4-7-14-25)26-15-8-5-9-16-26/h4-10,12-20,22,27H,1,11H2,2-3H3. The topological polar surface area (TPSA) is 0 Å². The molecule has 0 bridgehead atoms. The van der Waals surface area contributed by atoms with E-state index in [2.05, 4.69) is 111 Å². The molecule has 0 fully saturated rings. The maximum Gasteiger partial charge on any atom is 0.0118 e. The molecule has 136 valence electrons. The highest BCUT2D eigenvalue weighted by molar-refractivity contribution is 5.63. The lowest BCUT2D eigenvalue weighted by molar-refractivity contribution is 0.520. The lowest BCUT2D eigenvalue weighted by Gasteiger charge is -2.24. The Bertz CT molecular complexity index is 831. The highest BCUT2D eigenvalue weighted by atomic mass is 14.2. The Hall–Kier alpha value is -2.86. The van der Waals surface area contributed by atoms with Gasteiger partial charge in [0.1, 0.15) is 0 Å². The molecular formula is C27H28. The van der Waals surface area contributed by atoms with Gasteiger partial charge in [-0.2, -0.15) is 0 Å². The van der Waals surface area contributed by atoms with Gasteiger partial charge in [-0.25, -0.2) is 0 Å². The van der Waals surface area contributed by atoms with Gasteiger partial charge in [-0.05, 0) is 41.5 Å². The largest absolute Gasteiger partial charge is 0.0955 e. The summed E-state index contributed by atoms with van der Waals surface area (Å²) in [6.45, 7) is 8.39. The summed E-state index contributed by atoms with van der Waals surface area (Å²) in [6.07, 6.45) is 5.57. The second-order valence-electron chi connectivity index (χ2n) is 7.32. The van der Waals surface area contributed by atoms with Crippen LogP contribution >= 0.6 is 0 Å². The smallest absolute Gasteiger partial charge is 0.0118 e. The first kappa shape index (κ1) is 18.9. The van der Waals surface area contributed by atoms with Crippen molar-refractivity contribution in [2.24, 2.45) is 5.92 Å². The van der Waals surface area contributed by atoms with Crippen molar-refractivity contribution in [2.45, 2.75) is 26.2 Å². The van der Waals surface area contributed by atoms with Crippen LogP contribution in [0.25, 0.3) is 11.6 Å². The molecule has 0 heterocycles. The highest BCUT2D eigenvalue weighted by Gasteiger charge is 2.20. The lowest BCUT2D eigenvalue weighted by atomic mass is 9.80. The van der Waals surface area contributed by atoms with E-state index in [4.69, 9.17) is 0 Å². The maximum atomic E-state index is 4.00. The van der Waals surface area contributed by atoms with Crippen molar-refractivity contribution in [3.05, 3.63) is 120 Å². The summed E-state index contributed by atoms with van der Waals surface area (Å²) in [6, 6.07) is 30.3.